The summed E-state index contributed by atoms with van der Waals surface area (Å²) in [5.74, 6) is 0.454. The molecule has 2 heterocycles. The molecule has 1 radical (unpaired) electrons. The highest BCUT2D eigenvalue weighted by Crippen LogP contribution is 2.40. The molecule has 2 fully saturated rings. The fourth-order valence-electron chi connectivity index (χ4n) is 3.76. The predicted octanol–water partition coefficient (Wildman–Crippen LogP) is 2.89. The first kappa shape index (κ1) is 14.0. The Balaban J connectivity index is 1.79. The standard InChI is InChI=1S/C16H21F2N2/c1-11(2)6-16-7-14(19-10-16)9-20(16)8-12-3-4-13(17)5-15(12)18/h3-5,14,19H,6-10H2,1-2H3/t14-,16-/m0/s1. The van der Waals surface area contributed by atoms with Crippen LogP contribution in [0.1, 0.15) is 32.3 Å². The zero-order chi connectivity index (χ0) is 14.3. The number of halogens is 2. The minimum atomic E-state index is -0.511. The van der Waals surface area contributed by atoms with Gasteiger partial charge in [0.05, 0.1) is 0 Å². The van der Waals surface area contributed by atoms with E-state index in [9.17, 15) is 8.78 Å². The van der Waals surface area contributed by atoms with E-state index in [-0.39, 0.29) is 5.54 Å². The third kappa shape index (κ3) is 2.47. The minimum Gasteiger partial charge on any atom is -0.311 e. The molecule has 3 rings (SSSR count). The Morgan fingerprint density at radius 1 is 1.40 bits per heavy atom. The molecular formula is C16H21F2N2. The Labute approximate surface area is 119 Å². The van der Waals surface area contributed by atoms with E-state index in [1.54, 1.807) is 6.07 Å². The van der Waals surface area contributed by atoms with Gasteiger partial charge < -0.3 is 5.32 Å². The number of nitrogens with one attached hydrogen (secondary N) is 1. The van der Waals surface area contributed by atoms with Gasteiger partial charge in [0.25, 0.3) is 0 Å². The second-order valence-electron chi connectivity index (χ2n) is 6.51. The largest absolute Gasteiger partial charge is 0.311 e. The van der Waals surface area contributed by atoms with Crippen LogP contribution in [0, 0.1) is 17.6 Å². The van der Waals surface area contributed by atoms with Gasteiger partial charge in [-0.3, -0.25) is 4.90 Å². The second kappa shape index (κ2) is 5.08. The van der Waals surface area contributed by atoms with Crippen LogP contribution in [0.15, 0.2) is 18.2 Å². The third-order valence-corrected chi connectivity index (χ3v) is 4.52. The van der Waals surface area contributed by atoms with Gasteiger partial charge in [-0.2, -0.15) is 0 Å². The molecule has 20 heavy (non-hydrogen) atoms. The molecule has 1 aromatic carbocycles. The summed E-state index contributed by atoms with van der Waals surface area (Å²) in [6, 6.07) is 4.40. The first-order valence-electron chi connectivity index (χ1n) is 7.20. The Hall–Kier alpha value is -1.00. The molecule has 109 valence electrons. The number of fused-ring (bicyclic) bond motifs is 2. The number of likely N-dealkylation sites (tertiary alicyclic amines) is 1. The fraction of sp³-hybridized carbons (Fsp3) is 0.562. The van der Waals surface area contributed by atoms with Crippen LogP contribution in [0.4, 0.5) is 8.78 Å². The van der Waals surface area contributed by atoms with Crippen LogP contribution in [0.2, 0.25) is 0 Å². The van der Waals surface area contributed by atoms with Crippen molar-refractivity contribution in [2.24, 2.45) is 0 Å². The topological polar surface area (TPSA) is 15.3 Å². The van der Waals surface area contributed by atoms with E-state index >= 15 is 0 Å². The van der Waals surface area contributed by atoms with Crippen molar-refractivity contribution in [2.75, 3.05) is 13.1 Å². The summed E-state index contributed by atoms with van der Waals surface area (Å²) in [5.41, 5.74) is 0.705. The average Bonchev–Trinajstić information content (AvgIpc) is 2.88. The number of nitrogens with zero attached hydrogens (tertiary/aromatic N) is 1. The molecule has 1 N–H and O–H groups in total. The van der Waals surface area contributed by atoms with Gasteiger partial charge in [-0.1, -0.05) is 19.9 Å². The first-order chi connectivity index (χ1) is 9.48. The van der Waals surface area contributed by atoms with Crippen molar-refractivity contribution < 1.29 is 8.78 Å². The Morgan fingerprint density at radius 2 is 2.20 bits per heavy atom. The highest BCUT2D eigenvalue weighted by molar-refractivity contribution is 5.21. The quantitative estimate of drug-likeness (QED) is 0.911. The molecule has 0 unspecified atom stereocenters. The van der Waals surface area contributed by atoms with E-state index < -0.39 is 11.6 Å². The van der Waals surface area contributed by atoms with Crippen LogP contribution >= 0.6 is 0 Å². The summed E-state index contributed by atoms with van der Waals surface area (Å²) in [5, 5.41) is 3.53. The van der Waals surface area contributed by atoms with Crippen LogP contribution in [-0.2, 0) is 6.54 Å². The Bertz CT molecular complexity index is 503. The molecule has 0 aliphatic carbocycles. The molecule has 2 aliphatic rings. The lowest BCUT2D eigenvalue weighted by molar-refractivity contribution is 0.112. The van der Waals surface area contributed by atoms with Crippen molar-refractivity contribution in [1.29, 1.82) is 0 Å². The molecule has 2 bridgehead atoms. The number of hydrogen-bond donors (Lipinski definition) is 1. The lowest BCUT2D eigenvalue weighted by Gasteiger charge is -2.40. The fourth-order valence-corrected chi connectivity index (χ4v) is 3.76. The molecule has 4 heteroatoms. The summed E-state index contributed by atoms with van der Waals surface area (Å²) in [6.45, 7) is 6.78. The molecule has 2 saturated heterocycles. The van der Waals surface area contributed by atoms with Gasteiger partial charge in [-0.15, -0.1) is 0 Å². The summed E-state index contributed by atoms with van der Waals surface area (Å²) >= 11 is 0. The summed E-state index contributed by atoms with van der Waals surface area (Å²) in [7, 11) is 0. The van der Waals surface area contributed by atoms with Gasteiger partial charge in [0.1, 0.15) is 11.6 Å². The highest BCUT2D eigenvalue weighted by Gasteiger charge is 2.50. The molecule has 0 aromatic heterocycles. The number of piperazine rings is 1. The van der Waals surface area contributed by atoms with E-state index in [1.165, 1.54) is 12.0 Å². The molecule has 0 saturated carbocycles. The lowest BCUT2D eigenvalue weighted by Crippen LogP contribution is -2.52. The highest BCUT2D eigenvalue weighted by atomic mass is 19.1. The smallest absolute Gasteiger partial charge is 0.130 e. The molecule has 2 nitrogen and oxygen atoms in total. The Morgan fingerprint density at radius 3 is 2.85 bits per heavy atom. The zero-order valence-electron chi connectivity index (χ0n) is 12.0. The van der Waals surface area contributed by atoms with Crippen LogP contribution in [0.5, 0.6) is 0 Å². The van der Waals surface area contributed by atoms with Gasteiger partial charge in [0.2, 0.25) is 0 Å². The number of hydrogen-bond acceptors (Lipinski definition) is 2. The van der Waals surface area contributed by atoms with Crippen LogP contribution in [0.25, 0.3) is 0 Å². The number of benzene rings is 1. The van der Waals surface area contributed by atoms with Crippen LogP contribution in [0.3, 0.4) is 0 Å². The van der Waals surface area contributed by atoms with Crippen molar-refractivity contribution in [1.82, 2.24) is 10.2 Å². The summed E-state index contributed by atoms with van der Waals surface area (Å²) in [6.07, 6.45) is 2.17. The van der Waals surface area contributed by atoms with E-state index in [2.05, 4.69) is 24.1 Å². The number of rotatable bonds is 4. The minimum absolute atomic E-state index is 0.115. The molecule has 1 aromatic rings. The van der Waals surface area contributed by atoms with Gasteiger partial charge in [0, 0.05) is 42.8 Å². The summed E-state index contributed by atoms with van der Waals surface area (Å²) < 4.78 is 26.8. The van der Waals surface area contributed by atoms with Crippen molar-refractivity contribution in [3.63, 3.8) is 0 Å². The van der Waals surface area contributed by atoms with Gasteiger partial charge in [-0.25, -0.2) is 8.78 Å². The normalized spacial score (nSPS) is 29.6. The molecule has 0 spiro atoms. The molecular weight excluding hydrogens is 258 g/mol. The molecule has 0 amide bonds. The maximum absolute atomic E-state index is 13.8. The maximum atomic E-state index is 13.8. The van der Waals surface area contributed by atoms with E-state index in [1.807, 2.05) is 0 Å². The monoisotopic (exact) mass is 279 g/mol. The van der Waals surface area contributed by atoms with E-state index in [0.717, 1.165) is 32.0 Å². The third-order valence-electron chi connectivity index (χ3n) is 4.52. The van der Waals surface area contributed by atoms with Crippen molar-refractivity contribution >= 4 is 0 Å². The maximum Gasteiger partial charge on any atom is 0.130 e. The lowest BCUT2D eigenvalue weighted by atomic mass is 9.87. The van der Waals surface area contributed by atoms with E-state index in [4.69, 9.17) is 0 Å². The zero-order valence-corrected chi connectivity index (χ0v) is 12.0. The molecule has 2 aliphatic heterocycles. The SMILES string of the molecule is C[C](C)C[C@]12CN[C@H](CN1Cc1ccc(F)cc1F)C2. The van der Waals surface area contributed by atoms with Crippen molar-refractivity contribution in [3.05, 3.63) is 41.3 Å². The van der Waals surface area contributed by atoms with Gasteiger partial charge in [-0.05, 0) is 24.8 Å². The summed E-state index contributed by atoms with van der Waals surface area (Å²) in [4.78, 5) is 2.37. The average molecular weight is 279 g/mol. The second-order valence-corrected chi connectivity index (χ2v) is 6.51. The Kier molecular flexibility index (Phi) is 3.55. The van der Waals surface area contributed by atoms with E-state index in [0.29, 0.717) is 18.2 Å². The van der Waals surface area contributed by atoms with Crippen molar-refractivity contribution in [2.45, 2.75) is 44.8 Å². The molecule has 2 atom stereocenters. The van der Waals surface area contributed by atoms with Gasteiger partial charge >= 0.3 is 0 Å². The first-order valence-corrected chi connectivity index (χ1v) is 7.20. The predicted molar refractivity (Wildman–Crippen MR) is 75.1 cm³/mol. The van der Waals surface area contributed by atoms with Crippen molar-refractivity contribution in [3.8, 4) is 0 Å². The van der Waals surface area contributed by atoms with Gasteiger partial charge in [0.15, 0.2) is 0 Å². The van der Waals surface area contributed by atoms with Crippen LogP contribution < -0.4 is 5.32 Å². The van der Waals surface area contributed by atoms with Crippen LogP contribution in [-0.4, -0.2) is 29.6 Å².